The third kappa shape index (κ3) is 5.84. The fourth-order valence-corrected chi connectivity index (χ4v) is 1.88. The van der Waals surface area contributed by atoms with Crippen LogP contribution < -0.4 is 5.32 Å². The minimum Gasteiger partial charge on any atom is -0.394 e. The van der Waals surface area contributed by atoms with Crippen LogP contribution in [0.2, 0.25) is 0 Å². The van der Waals surface area contributed by atoms with Gasteiger partial charge >= 0.3 is 0 Å². The minimum absolute atomic E-state index is 0.174. The van der Waals surface area contributed by atoms with Crippen molar-refractivity contribution >= 4 is 0 Å². The maximum atomic E-state index is 9.53. The largest absolute Gasteiger partial charge is 0.394 e. The van der Waals surface area contributed by atoms with Gasteiger partial charge in [0.15, 0.2) is 0 Å². The summed E-state index contributed by atoms with van der Waals surface area (Å²) < 4.78 is 0. The Kier molecular flexibility index (Phi) is 6.67. The molecule has 0 saturated heterocycles. The van der Waals surface area contributed by atoms with Gasteiger partial charge in [0, 0.05) is 23.7 Å². The second-order valence-electron chi connectivity index (χ2n) is 6.36. The lowest BCUT2D eigenvalue weighted by Crippen LogP contribution is -2.52. The van der Waals surface area contributed by atoms with E-state index in [4.69, 9.17) is 0 Å². The smallest absolute Gasteiger partial charge is 0.0611 e. The molecule has 3 heteroatoms. The second kappa shape index (κ2) is 6.72. The van der Waals surface area contributed by atoms with E-state index in [-0.39, 0.29) is 17.7 Å². The molecular formula is C14H32N2O. The van der Waals surface area contributed by atoms with Gasteiger partial charge in [-0.15, -0.1) is 0 Å². The van der Waals surface area contributed by atoms with E-state index in [1.165, 1.54) is 0 Å². The molecule has 0 aromatic carbocycles. The first-order valence-electron chi connectivity index (χ1n) is 6.76. The highest BCUT2D eigenvalue weighted by molar-refractivity contribution is 4.87. The highest BCUT2D eigenvalue weighted by Crippen LogP contribution is 2.19. The summed E-state index contributed by atoms with van der Waals surface area (Å²) in [6.07, 6.45) is 2.10. The summed E-state index contributed by atoms with van der Waals surface area (Å²) in [5.41, 5.74) is 0.0560. The Labute approximate surface area is 108 Å². The van der Waals surface area contributed by atoms with Crippen LogP contribution in [0.3, 0.4) is 0 Å². The van der Waals surface area contributed by atoms with Crippen molar-refractivity contribution in [2.24, 2.45) is 0 Å². The van der Waals surface area contributed by atoms with E-state index >= 15 is 0 Å². The molecule has 0 aliphatic rings. The Morgan fingerprint density at radius 2 is 1.76 bits per heavy atom. The first-order valence-corrected chi connectivity index (χ1v) is 6.76. The van der Waals surface area contributed by atoms with Crippen molar-refractivity contribution in [3.8, 4) is 0 Å². The van der Waals surface area contributed by atoms with Crippen LogP contribution >= 0.6 is 0 Å². The van der Waals surface area contributed by atoms with Crippen molar-refractivity contribution in [3.63, 3.8) is 0 Å². The van der Waals surface area contributed by atoms with Crippen LogP contribution in [0.25, 0.3) is 0 Å². The van der Waals surface area contributed by atoms with Gasteiger partial charge in [-0.3, -0.25) is 0 Å². The van der Waals surface area contributed by atoms with Crippen molar-refractivity contribution in [2.45, 2.75) is 71.5 Å². The molecule has 0 spiro atoms. The second-order valence-corrected chi connectivity index (χ2v) is 6.36. The molecule has 0 amide bonds. The number of hydrogen-bond donors (Lipinski definition) is 2. The topological polar surface area (TPSA) is 35.5 Å². The molecule has 0 aliphatic carbocycles. The average molecular weight is 244 g/mol. The van der Waals surface area contributed by atoms with Crippen LogP contribution in [0.5, 0.6) is 0 Å². The Hall–Kier alpha value is -0.120. The van der Waals surface area contributed by atoms with Crippen molar-refractivity contribution in [2.75, 3.05) is 20.2 Å². The van der Waals surface area contributed by atoms with Crippen LogP contribution in [0.4, 0.5) is 0 Å². The van der Waals surface area contributed by atoms with E-state index in [1.54, 1.807) is 0 Å². The number of nitrogens with zero attached hydrogens (tertiary/aromatic N) is 1. The molecule has 0 heterocycles. The zero-order valence-corrected chi connectivity index (χ0v) is 12.8. The van der Waals surface area contributed by atoms with Crippen LogP contribution in [0.15, 0.2) is 0 Å². The zero-order chi connectivity index (χ0) is 13.7. The quantitative estimate of drug-likeness (QED) is 0.687. The van der Waals surface area contributed by atoms with Gasteiger partial charge in [0.2, 0.25) is 0 Å². The predicted octanol–water partition coefficient (Wildman–Crippen LogP) is 2.25. The lowest BCUT2D eigenvalue weighted by molar-refractivity contribution is 0.105. The van der Waals surface area contributed by atoms with E-state index in [2.05, 4.69) is 58.8 Å². The summed E-state index contributed by atoms with van der Waals surface area (Å²) in [7, 11) is 2.16. The Balaban J connectivity index is 4.32. The van der Waals surface area contributed by atoms with Crippen LogP contribution in [0, 0.1) is 0 Å². The van der Waals surface area contributed by atoms with E-state index < -0.39 is 0 Å². The summed E-state index contributed by atoms with van der Waals surface area (Å²) >= 11 is 0. The molecule has 0 fully saturated rings. The summed E-state index contributed by atoms with van der Waals surface area (Å²) in [5, 5.41) is 13.0. The van der Waals surface area contributed by atoms with Gasteiger partial charge < -0.3 is 15.3 Å². The lowest BCUT2D eigenvalue weighted by Gasteiger charge is -2.38. The molecule has 0 radical (unpaired) electrons. The number of hydrogen-bond acceptors (Lipinski definition) is 3. The van der Waals surface area contributed by atoms with Gasteiger partial charge in [-0.1, -0.05) is 20.8 Å². The van der Waals surface area contributed by atoms with Gasteiger partial charge in [-0.2, -0.15) is 0 Å². The molecule has 0 aliphatic heterocycles. The molecular weight excluding hydrogens is 212 g/mol. The molecule has 0 bridgehead atoms. The summed E-state index contributed by atoms with van der Waals surface area (Å²) in [5.74, 6) is 0. The Morgan fingerprint density at radius 1 is 1.24 bits per heavy atom. The predicted molar refractivity (Wildman–Crippen MR) is 75.4 cm³/mol. The number of aliphatic hydroxyl groups is 1. The normalized spacial score (nSPS) is 16.6. The Morgan fingerprint density at radius 3 is 2.12 bits per heavy atom. The molecule has 0 aromatic rings. The minimum atomic E-state index is -0.174. The first kappa shape index (κ1) is 16.9. The van der Waals surface area contributed by atoms with Crippen LogP contribution in [-0.2, 0) is 0 Å². The van der Waals surface area contributed by atoms with Gasteiger partial charge in [0.1, 0.15) is 0 Å². The summed E-state index contributed by atoms with van der Waals surface area (Å²) in [6.45, 7) is 14.3. The lowest BCUT2D eigenvalue weighted by atomic mass is 9.94. The molecule has 0 rings (SSSR count). The third-order valence-corrected chi connectivity index (χ3v) is 3.88. The van der Waals surface area contributed by atoms with E-state index in [0.717, 1.165) is 19.4 Å². The molecule has 0 aromatic heterocycles. The zero-order valence-electron chi connectivity index (χ0n) is 12.8. The molecule has 1 unspecified atom stereocenters. The van der Waals surface area contributed by atoms with Crippen LogP contribution in [-0.4, -0.2) is 47.3 Å². The number of aliphatic hydroxyl groups excluding tert-OH is 1. The Bertz CT molecular complexity index is 216. The maximum Gasteiger partial charge on any atom is 0.0611 e. The molecule has 1 atom stereocenters. The SMILES string of the molecule is CCC(C)(C)N(C)CCC(C)(CO)NC(C)C. The highest BCUT2D eigenvalue weighted by atomic mass is 16.3. The summed E-state index contributed by atoms with van der Waals surface area (Å²) in [4.78, 5) is 2.38. The standard InChI is InChI=1S/C14H32N2O/c1-8-13(4,5)16(7)10-9-14(6,11-17)15-12(2)3/h12,15,17H,8-11H2,1-7H3. The molecule has 0 saturated carbocycles. The van der Waals surface area contributed by atoms with E-state index in [1.807, 2.05) is 0 Å². The van der Waals surface area contributed by atoms with Gasteiger partial charge in [-0.25, -0.2) is 0 Å². The fourth-order valence-electron chi connectivity index (χ4n) is 1.88. The average Bonchev–Trinajstić information content (AvgIpc) is 2.25. The monoisotopic (exact) mass is 244 g/mol. The van der Waals surface area contributed by atoms with Gasteiger partial charge in [0.25, 0.3) is 0 Å². The highest BCUT2D eigenvalue weighted by Gasteiger charge is 2.27. The number of nitrogens with one attached hydrogen (secondary N) is 1. The van der Waals surface area contributed by atoms with Gasteiger partial charge in [-0.05, 0) is 40.7 Å². The molecule has 2 N–H and O–H groups in total. The third-order valence-electron chi connectivity index (χ3n) is 3.88. The van der Waals surface area contributed by atoms with Crippen molar-refractivity contribution in [3.05, 3.63) is 0 Å². The maximum absolute atomic E-state index is 9.53. The van der Waals surface area contributed by atoms with Crippen LogP contribution in [0.1, 0.15) is 54.4 Å². The number of rotatable bonds is 8. The van der Waals surface area contributed by atoms with Gasteiger partial charge in [0.05, 0.1) is 6.61 Å². The molecule has 104 valence electrons. The van der Waals surface area contributed by atoms with Crippen molar-refractivity contribution in [1.29, 1.82) is 0 Å². The van der Waals surface area contributed by atoms with E-state index in [0.29, 0.717) is 6.04 Å². The summed E-state index contributed by atoms with van der Waals surface area (Å²) in [6, 6.07) is 0.400. The van der Waals surface area contributed by atoms with Crippen molar-refractivity contribution in [1.82, 2.24) is 10.2 Å². The molecule has 3 nitrogen and oxygen atoms in total. The molecule has 17 heavy (non-hydrogen) atoms. The van der Waals surface area contributed by atoms with Crippen molar-refractivity contribution < 1.29 is 5.11 Å². The fraction of sp³-hybridized carbons (Fsp3) is 1.00. The first-order chi connectivity index (χ1) is 7.67. The van der Waals surface area contributed by atoms with E-state index in [9.17, 15) is 5.11 Å².